The highest BCUT2D eigenvalue weighted by atomic mass is 19.4. The number of piperidine rings is 1. The molecule has 1 saturated heterocycles. The average Bonchev–Trinajstić information content (AvgIpc) is 3.21. The van der Waals surface area contributed by atoms with E-state index in [2.05, 4.69) is 9.72 Å². The Kier molecular flexibility index (Phi) is 15.2. The monoisotopic (exact) mass is 836 g/mol. The number of carbonyl (C=O) groups is 2. The van der Waals surface area contributed by atoms with Crippen LogP contribution in [0.1, 0.15) is 57.5 Å². The third kappa shape index (κ3) is 11.7. The van der Waals surface area contributed by atoms with Crippen molar-refractivity contribution < 1.29 is 46.1 Å². The van der Waals surface area contributed by atoms with E-state index < -0.39 is 35.1 Å². The molecule has 1 fully saturated rings. The molecule has 0 radical (unpaired) electrons. The smallest absolute Gasteiger partial charge is 0.480 e. The molecule has 0 saturated carbocycles. The van der Waals surface area contributed by atoms with E-state index in [1.165, 1.54) is 30.3 Å². The quantitative estimate of drug-likeness (QED) is 0.111. The molecular weight excluding hydrogens is 788 g/mol. The standard InChI is InChI=1S/C41H39F5N4O5.C4H10O/c1-40(2,39(53)54)48-21-19-31(20-22-48)49(24-26-7-9-27(10-8-26)28-12-16-32(17-13-28)55-41(44,45)46)37(51)25-50-35-6-4-3-5-33(35)38(52)47-36(50)18-14-29-11-15-30(42)23-34(29)43;1-3-5-4-2/h3-13,15-17,23,31H,14,18-22,24-25H2,1-2H3,(H,53,54);3-4H2,1-2H3. The highest BCUT2D eigenvalue weighted by Crippen LogP contribution is 2.29. The molecule has 0 bridgehead atoms. The van der Waals surface area contributed by atoms with E-state index in [9.17, 15) is 41.4 Å². The number of nitrogens with zero attached hydrogens (tertiary/aromatic N) is 4. The van der Waals surface area contributed by atoms with Crippen molar-refractivity contribution in [3.8, 4) is 16.9 Å². The third-order valence-electron chi connectivity index (χ3n) is 10.6. The summed E-state index contributed by atoms with van der Waals surface area (Å²) in [6.45, 7) is 9.79. The van der Waals surface area contributed by atoms with Crippen molar-refractivity contribution in [1.29, 1.82) is 0 Å². The molecule has 0 unspecified atom stereocenters. The summed E-state index contributed by atoms with van der Waals surface area (Å²) in [5.74, 6) is -2.76. The molecule has 10 nitrogen and oxygen atoms in total. The highest BCUT2D eigenvalue weighted by Gasteiger charge is 2.38. The number of fused-ring (bicyclic) bond motifs is 1. The number of hydrogen-bond acceptors (Lipinski definition) is 7. The van der Waals surface area contributed by atoms with Gasteiger partial charge in [0.05, 0.1) is 10.9 Å². The molecule has 0 atom stereocenters. The summed E-state index contributed by atoms with van der Waals surface area (Å²) in [7, 11) is 0. The number of benzene rings is 4. The SMILES string of the molecule is CC(C)(C(=O)O)N1CCC(N(Cc2ccc(-c3ccc(OC(F)(F)F)cc3)cc2)C(=O)Cn2c(CCc3ccc(F)cc3F)nc(=O)c3ccccc32)CC1.CCOCC. The fraction of sp³-hybridized carbons (Fsp3) is 0.378. The van der Waals surface area contributed by atoms with Crippen LogP contribution in [-0.2, 0) is 40.3 Å². The number of carboxylic acids is 1. The zero-order chi connectivity index (χ0) is 43.6. The van der Waals surface area contributed by atoms with Gasteiger partial charge >= 0.3 is 12.3 Å². The normalized spacial score (nSPS) is 13.8. The first-order chi connectivity index (χ1) is 28.5. The molecule has 320 valence electrons. The number of likely N-dealkylation sites (tertiary alicyclic amines) is 1. The van der Waals surface area contributed by atoms with Crippen LogP contribution in [-0.4, -0.2) is 80.6 Å². The summed E-state index contributed by atoms with van der Waals surface area (Å²) < 4.78 is 76.6. The molecule has 2 heterocycles. The fourth-order valence-electron chi connectivity index (χ4n) is 7.18. The minimum atomic E-state index is -4.80. The van der Waals surface area contributed by atoms with Crippen LogP contribution in [0.15, 0.2) is 95.8 Å². The van der Waals surface area contributed by atoms with Crippen molar-refractivity contribution in [3.05, 3.63) is 130 Å². The molecule has 1 N–H and O–H groups in total. The van der Waals surface area contributed by atoms with Gasteiger partial charge in [-0.25, -0.2) is 8.78 Å². The summed E-state index contributed by atoms with van der Waals surface area (Å²) in [6, 6.07) is 22.5. The number of aliphatic carboxylic acids is 1. The molecule has 60 heavy (non-hydrogen) atoms. The first-order valence-electron chi connectivity index (χ1n) is 19.7. The number of amides is 1. The van der Waals surface area contributed by atoms with Crippen molar-refractivity contribution in [3.63, 3.8) is 0 Å². The maximum Gasteiger partial charge on any atom is 0.573 e. The summed E-state index contributed by atoms with van der Waals surface area (Å²) in [4.78, 5) is 47.6. The first kappa shape index (κ1) is 45.4. The Morgan fingerprint density at radius 3 is 2.05 bits per heavy atom. The van der Waals surface area contributed by atoms with Crippen molar-refractivity contribution in [2.75, 3.05) is 26.3 Å². The number of carbonyl (C=O) groups excluding carboxylic acids is 1. The Labute approximate surface area is 345 Å². The molecule has 1 aromatic heterocycles. The number of hydrogen-bond donors (Lipinski definition) is 1. The van der Waals surface area contributed by atoms with E-state index >= 15 is 0 Å². The number of carboxylic acid groups (broad SMARTS) is 1. The van der Waals surface area contributed by atoms with Crippen molar-refractivity contribution in [2.24, 2.45) is 0 Å². The number of alkyl halides is 3. The number of halogens is 5. The van der Waals surface area contributed by atoms with Gasteiger partial charge < -0.3 is 24.0 Å². The van der Waals surface area contributed by atoms with Gasteiger partial charge in [-0.05, 0) is 99.5 Å². The lowest BCUT2D eigenvalue weighted by molar-refractivity contribution is -0.274. The van der Waals surface area contributed by atoms with E-state index in [0.29, 0.717) is 42.4 Å². The summed E-state index contributed by atoms with van der Waals surface area (Å²) in [6.07, 6.45) is -3.64. The maximum atomic E-state index is 14.6. The van der Waals surface area contributed by atoms with E-state index in [4.69, 9.17) is 4.74 Å². The van der Waals surface area contributed by atoms with Crippen LogP contribution in [0.5, 0.6) is 5.75 Å². The Morgan fingerprint density at radius 1 is 0.867 bits per heavy atom. The number of rotatable bonds is 14. The van der Waals surface area contributed by atoms with Gasteiger partial charge in [0.25, 0.3) is 5.56 Å². The fourth-order valence-corrected chi connectivity index (χ4v) is 7.18. The highest BCUT2D eigenvalue weighted by molar-refractivity contribution is 5.82. The molecule has 0 spiro atoms. The largest absolute Gasteiger partial charge is 0.573 e. The Balaban J connectivity index is 0.00000129. The molecule has 5 aromatic rings. The summed E-state index contributed by atoms with van der Waals surface area (Å²) in [5.41, 5.74) is 1.27. The van der Waals surface area contributed by atoms with E-state index in [0.717, 1.165) is 36.5 Å². The molecule has 15 heteroatoms. The lowest BCUT2D eigenvalue weighted by atomic mass is 9.95. The Bertz CT molecular complexity index is 2290. The molecule has 6 rings (SSSR count). The van der Waals surface area contributed by atoms with Crippen molar-refractivity contribution in [1.82, 2.24) is 19.4 Å². The van der Waals surface area contributed by atoms with E-state index in [-0.39, 0.29) is 55.0 Å². The van der Waals surface area contributed by atoms with Crippen LogP contribution in [0.3, 0.4) is 0 Å². The van der Waals surface area contributed by atoms with Crippen LogP contribution < -0.4 is 10.3 Å². The Morgan fingerprint density at radius 2 is 1.48 bits per heavy atom. The van der Waals surface area contributed by atoms with Gasteiger partial charge in [0.15, 0.2) is 0 Å². The van der Waals surface area contributed by atoms with Gasteiger partial charge in [-0.1, -0.05) is 54.6 Å². The van der Waals surface area contributed by atoms with Crippen LogP contribution in [0, 0.1) is 11.6 Å². The average molecular weight is 837 g/mol. The van der Waals surface area contributed by atoms with Crippen molar-refractivity contribution >= 4 is 22.8 Å². The van der Waals surface area contributed by atoms with Gasteiger partial charge in [-0.15, -0.1) is 13.2 Å². The minimum Gasteiger partial charge on any atom is -0.480 e. The molecule has 1 amide bonds. The summed E-state index contributed by atoms with van der Waals surface area (Å²) in [5, 5.41) is 10.1. The second kappa shape index (κ2) is 20.1. The molecule has 1 aliphatic heterocycles. The lowest BCUT2D eigenvalue weighted by Crippen LogP contribution is -2.56. The van der Waals surface area contributed by atoms with E-state index in [1.807, 2.05) is 30.9 Å². The predicted octanol–water partition coefficient (Wildman–Crippen LogP) is 8.42. The first-order valence-corrected chi connectivity index (χ1v) is 19.7. The number of aromatic nitrogens is 2. The maximum absolute atomic E-state index is 14.6. The van der Waals surface area contributed by atoms with Gasteiger partial charge in [0.2, 0.25) is 5.91 Å². The Hall–Kier alpha value is -5.67. The second-order valence-electron chi connectivity index (χ2n) is 14.8. The van der Waals surface area contributed by atoms with Crippen LogP contribution in [0.2, 0.25) is 0 Å². The zero-order valence-electron chi connectivity index (χ0n) is 34.0. The number of ether oxygens (including phenoxy) is 2. The molecular formula is C45H49F5N4O6. The molecule has 1 aliphatic rings. The predicted molar refractivity (Wildman–Crippen MR) is 217 cm³/mol. The van der Waals surface area contributed by atoms with Gasteiger partial charge in [0, 0.05) is 51.4 Å². The van der Waals surface area contributed by atoms with Crippen molar-refractivity contribution in [2.45, 2.75) is 84.4 Å². The lowest BCUT2D eigenvalue weighted by Gasteiger charge is -2.43. The second-order valence-corrected chi connectivity index (χ2v) is 14.8. The van der Waals surface area contributed by atoms with Gasteiger partial charge in [-0.2, -0.15) is 4.98 Å². The molecule has 4 aromatic carbocycles. The van der Waals surface area contributed by atoms with Crippen LogP contribution in [0.4, 0.5) is 22.0 Å². The third-order valence-corrected chi connectivity index (χ3v) is 10.6. The van der Waals surface area contributed by atoms with Crippen LogP contribution >= 0.6 is 0 Å². The topological polar surface area (TPSA) is 114 Å². The van der Waals surface area contributed by atoms with Gasteiger partial charge in [0.1, 0.15) is 35.3 Å². The summed E-state index contributed by atoms with van der Waals surface area (Å²) >= 11 is 0. The number of para-hydroxylation sites is 1. The number of aryl methyl sites for hydroxylation is 2. The van der Waals surface area contributed by atoms with E-state index in [1.54, 1.807) is 59.7 Å². The molecule has 0 aliphatic carbocycles. The van der Waals surface area contributed by atoms with Gasteiger partial charge in [-0.3, -0.25) is 19.3 Å². The van der Waals surface area contributed by atoms with Crippen LogP contribution in [0.25, 0.3) is 22.0 Å². The zero-order valence-corrected chi connectivity index (χ0v) is 34.0. The minimum absolute atomic E-state index is 0.0866.